The van der Waals surface area contributed by atoms with E-state index in [9.17, 15) is 4.79 Å². The molecule has 2 aromatic carbocycles. The first-order valence-electron chi connectivity index (χ1n) is 8.47. The number of benzene rings is 2. The van der Waals surface area contributed by atoms with Crippen molar-refractivity contribution in [2.24, 2.45) is 0 Å². The van der Waals surface area contributed by atoms with E-state index in [2.05, 4.69) is 15.6 Å². The molecule has 0 radical (unpaired) electrons. The third kappa shape index (κ3) is 3.96. The van der Waals surface area contributed by atoms with Crippen molar-refractivity contribution in [3.63, 3.8) is 0 Å². The van der Waals surface area contributed by atoms with Crippen molar-refractivity contribution in [1.29, 1.82) is 0 Å². The lowest BCUT2D eigenvalue weighted by Crippen LogP contribution is -2.19. The number of aromatic nitrogens is 2. The van der Waals surface area contributed by atoms with Crippen LogP contribution in [0.4, 0.5) is 16.2 Å². The summed E-state index contributed by atoms with van der Waals surface area (Å²) in [6.07, 6.45) is 5.96. The van der Waals surface area contributed by atoms with Crippen molar-refractivity contribution < 1.29 is 4.79 Å². The molecule has 2 heterocycles. The van der Waals surface area contributed by atoms with E-state index in [4.69, 9.17) is 0 Å². The highest BCUT2D eigenvalue weighted by atomic mass is 32.2. The van der Waals surface area contributed by atoms with Crippen LogP contribution >= 0.6 is 11.8 Å². The van der Waals surface area contributed by atoms with Crippen molar-refractivity contribution >= 4 is 34.8 Å². The molecule has 134 valence electrons. The number of carbonyl (C=O) groups excluding carboxylic acids is 1. The summed E-state index contributed by atoms with van der Waals surface area (Å²) in [5.74, 6) is 0. The van der Waals surface area contributed by atoms with E-state index in [-0.39, 0.29) is 6.03 Å². The largest absolute Gasteiger partial charge is 0.323 e. The van der Waals surface area contributed by atoms with Crippen LogP contribution in [0.25, 0.3) is 16.9 Å². The first kappa shape index (κ1) is 17.2. The highest BCUT2D eigenvalue weighted by Crippen LogP contribution is 2.22. The summed E-state index contributed by atoms with van der Waals surface area (Å²) in [6, 6.07) is 21.0. The quantitative estimate of drug-likeness (QED) is 0.472. The lowest BCUT2D eigenvalue weighted by Gasteiger charge is -2.09. The molecule has 6 heteroatoms. The molecule has 0 bridgehead atoms. The van der Waals surface area contributed by atoms with Gasteiger partial charge in [0.05, 0.1) is 5.69 Å². The summed E-state index contributed by atoms with van der Waals surface area (Å²) < 4.78 is 1.98. The summed E-state index contributed by atoms with van der Waals surface area (Å²) in [7, 11) is 0. The number of pyridine rings is 1. The number of rotatable bonds is 4. The topological polar surface area (TPSA) is 58.4 Å². The first-order valence-corrected chi connectivity index (χ1v) is 9.70. The molecule has 2 N–H and O–H groups in total. The van der Waals surface area contributed by atoms with Crippen molar-refractivity contribution in [3.05, 3.63) is 79.1 Å². The zero-order valence-electron chi connectivity index (χ0n) is 14.7. The molecule has 4 rings (SSSR count). The maximum absolute atomic E-state index is 12.2. The molecule has 0 saturated carbocycles. The molecule has 4 aromatic rings. The molecule has 0 saturated heterocycles. The van der Waals surface area contributed by atoms with Gasteiger partial charge in [0.1, 0.15) is 5.65 Å². The van der Waals surface area contributed by atoms with Crippen LogP contribution in [-0.4, -0.2) is 21.7 Å². The molecule has 27 heavy (non-hydrogen) atoms. The lowest BCUT2D eigenvalue weighted by atomic mass is 10.1. The molecule has 0 aliphatic rings. The number of imidazole rings is 1. The highest BCUT2D eigenvalue weighted by Gasteiger charge is 2.06. The molecule has 0 spiro atoms. The van der Waals surface area contributed by atoms with Gasteiger partial charge in [-0.25, -0.2) is 9.78 Å². The zero-order chi connectivity index (χ0) is 18.6. The minimum Gasteiger partial charge on any atom is -0.308 e. The van der Waals surface area contributed by atoms with E-state index in [0.717, 1.165) is 33.2 Å². The number of hydrogen-bond acceptors (Lipinski definition) is 3. The molecule has 0 aliphatic carbocycles. The summed E-state index contributed by atoms with van der Waals surface area (Å²) >= 11 is 1.64. The second-order valence-corrected chi connectivity index (χ2v) is 6.86. The molecule has 0 aliphatic heterocycles. The van der Waals surface area contributed by atoms with Crippen molar-refractivity contribution in [1.82, 2.24) is 9.38 Å². The standard InChI is InChI=1S/C21H18N4OS/c1-27-18-6-4-5-17(13-18)23-21(26)22-16-10-8-15(9-11-16)19-14-25-12-3-2-7-20(25)24-19/h2-14H,1H3,(H2,22,23,26). The Bertz CT molecular complexity index is 1060. The number of fused-ring (bicyclic) bond motifs is 1. The number of nitrogens with one attached hydrogen (secondary N) is 2. The maximum Gasteiger partial charge on any atom is 0.323 e. The molecule has 0 fully saturated rings. The van der Waals surface area contributed by atoms with Gasteiger partial charge in [0.15, 0.2) is 0 Å². The minimum atomic E-state index is -0.270. The summed E-state index contributed by atoms with van der Waals surface area (Å²) in [5.41, 5.74) is 4.28. The predicted molar refractivity (Wildman–Crippen MR) is 111 cm³/mol. The molecular formula is C21H18N4OS. The Morgan fingerprint density at radius 3 is 2.56 bits per heavy atom. The second-order valence-electron chi connectivity index (χ2n) is 5.98. The van der Waals surface area contributed by atoms with Crippen LogP contribution in [0.2, 0.25) is 0 Å². The van der Waals surface area contributed by atoms with Gasteiger partial charge >= 0.3 is 6.03 Å². The van der Waals surface area contributed by atoms with Crippen LogP contribution in [0.3, 0.4) is 0 Å². The Kier molecular flexibility index (Phi) is 4.80. The Morgan fingerprint density at radius 1 is 0.963 bits per heavy atom. The third-order valence-electron chi connectivity index (χ3n) is 4.13. The number of carbonyl (C=O) groups is 1. The Morgan fingerprint density at radius 2 is 1.78 bits per heavy atom. The lowest BCUT2D eigenvalue weighted by molar-refractivity contribution is 0.262. The fraction of sp³-hybridized carbons (Fsp3) is 0.0476. The van der Waals surface area contributed by atoms with Crippen LogP contribution in [0.5, 0.6) is 0 Å². The van der Waals surface area contributed by atoms with Gasteiger partial charge in [-0.05, 0) is 48.7 Å². The van der Waals surface area contributed by atoms with Gasteiger partial charge in [0.2, 0.25) is 0 Å². The van der Waals surface area contributed by atoms with Crippen LogP contribution in [0.1, 0.15) is 0 Å². The normalized spacial score (nSPS) is 10.7. The van der Waals surface area contributed by atoms with Gasteiger partial charge in [-0.2, -0.15) is 0 Å². The average Bonchev–Trinajstić information content (AvgIpc) is 3.13. The van der Waals surface area contributed by atoms with Crippen molar-refractivity contribution in [2.75, 3.05) is 16.9 Å². The van der Waals surface area contributed by atoms with Gasteiger partial charge in [-0.1, -0.05) is 24.3 Å². The minimum absolute atomic E-state index is 0.270. The van der Waals surface area contributed by atoms with E-state index >= 15 is 0 Å². The number of urea groups is 1. The fourth-order valence-electron chi connectivity index (χ4n) is 2.79. The summed E-state index contributed by atoms with van der Waals surface area (Å²) in [6.45, 7) is 0. The Balaban J connectivity index is 1.44. The summed E-state index contributed by atoms with van der Waals surface area (Å²) in [5, 5.41) is 5.70. The van der Waals surface area contributed by atoms with Gasteiger partial charge in [-0.3, -0.25) is 0 Å². The van der Waals surface area contributed by atoms with Gasteiger partial charge in [0.25, 0.3) is 0 Å². The SMILES string of the molecule is CSc1cccc(NC(=O)Nc2ccc(-c3cn4ccccc4n3)cc2)c1. The van der Waals surface area contributed by atoms with Gasteiger partial charge < -0.3 is 15.0 Å². The maximum atomic E-state index is 12.2. The number of thioether (sulfide) groups is 1. The van der Waals surface area contributed by atoms with Crippen molar-refractivity contribution in [3.8, 4) is 11.3 Å². The number of anilines is 2. The second kappa shape index (κ2) is 7.55. The Hall–Kier alpha value is -3.25. The van der Waals surface area contributed by atoms with Crippen LogP contribution in [0.15, 0.2) is 84.0 Å². The van der Waals surface area contributed by atoms with Crippen LogP contribution < -0.4 is 10.6 Å². The van der Waals surface area contributed by atoms with Gasteiger partial charge in [0, 0.05) is 34.2 Å². The first-order chi connectivity index (χ1) is 13.2. The number of hydrogen-bond donors (Lipinski definition) is 2. The van der Waals surface area contributed by atoms with Gasteiger partial charge in [-0.15, -0.1) is 11.8 Å². The predicted octanol–water partition coefficient (Wildman–Crippen LogP) is 5.37. The van der Waals surface area contributed by atoms with Crippen molar-refractivity contribution in [2.45, 2.75) is 4.90 Å². The smallest absolute Gasteiger partial charge is 0.308 e. The average molecular weight is 374 g/mol. The van der Waals surface area contributed by atoms with E-state index in [1.54, 1.807) is 11.8 Å². The summed E-state index contributed by atoms with van der Waals surface area (Å²) in [4.78, 5) is 17.9. The molecule has 2 amide bonds. The number of amides is 2. The van der Waals surface area contributed by atoms with E-state index in [1.807, 2.05) is 89.8 Å². The molecule has 0 atom stereocenters. The Labute approximate surface area is 161 Å². The van der Waals surface area contributed by atoms with E-state index < -0.39 is 0 Å². The van der Waals surface area contributed by atoms with E-state index in [1.165, 1.54) is 0 Å². The molecule has 5 nitrogen and oxygen atoms in total. The van der Waals surface area contributed by atoms with E-state index in [0.29, 0.717) is 0 Å². The van der Waals surface area contributed by atoms with Crippen LogP contribution in [-0.2, 0) is 0 Å². The molecular weight excluding hydrogens is 356 g/mol. The third-order valence-corrected chi connectivity index (χ3v) is 4.86. The molecule has 0 unspecified atom stereocenters. The highest BCUT2D eigenvalue weighted by molar-refractivity contribution is 7.98. The monoisotopic (exact) mass is 374 g/mol. The van der Waals surface area contributed by atoms with Crippen LogP contribution in [0, 0.1) is 0 Å². The molecule has 2 aromatic heterocycles. The fourth-order valence-corrected chi connectivity index (χ4v) is 3.25. The zero-order valence-corrected chi connectivity index (χ0v) is 15.5. The number of nitrogens with zero attached hydrogens (tertiary/aromatic N) is 2.